The molecule has 0 aliphatic heterocycles. The molecule has 0 heterocycles. The Morgan fingerprint density at radius 2 is 1.41 bits per heavy atom. The minimum atomic E-state index is -0.477. The summed E-state index contributed by atoms with van der Waals surface area (Å²) >= 11 is 0. The predicted molar refractivity (Wildman–Crippen MR) is 111 cm³/mol. The van der Waals surface area contributed by atoms with E-state index in [1.54, 1.807) is 30.3 Å². The second-order valence-corrected chi connectivity index (χ2v) is 6.08. The van der Waals surface area contributed by atoms with Gasteiger partial charge in [0.2, 0.25) is 0 Å². The second kappa shape index (κ2) is 9.94. The molecule has 0 spiro atoms. The zero-order valence-corrected chi connectivity index (χ0v) is 16.1. The van der Waals surface area contributed by atoms with Gasteiger partial charge in [-0.1, -0.05) is 60.7 Å². The van der Waals surface area contributed by atoms with Crippen LogP contribution in [0.5, 0.6) is 11.5 Å². The van der Waals surface area contributed by atoms with Crippen molar-refractivity contribution in [3.8, 4) is 22.6 Å². The van der Waals surface area contributed by atoms with E-state index in [1.165, 1.54) is 0 Å². The standard InChI is InChI=1S/C23H22N2O4/c1-2-28-21-15-9-7-13-19(21)23(27)25-24-22(26)16-29-20-14-8-6-12-18(20)17-10-4-3-5-11-17/h3-15H,2,16H2,1H3,(H,24,26)(H,25,27). The van der Waals surface area contributed by atoms with Gasteiger partial charge in [0.1, 0.15) is 11.5 Å². The number of benzene rings is 3. The molecule has 0 unspecified atom stereocenters. The summed E-state index contributed by atoms with van der Waals surface area (Å²) in [4.78, 5) is 24.4. The molecule has 6 heteroatoms. The van der Waals surface area contributed by atoms with E-state index in [-0.39, 0.29) is 6.61 Å². The van der Waals surface area contributed by atoms with E-state index in [0.717, 1.165) is 11.1 Å². The van der Waals surface area contributed by atoms with Gasteiger partial charge in [0.15, 0.2) is 6.61 Å². The summed E-state index contributed by atoms with van der Waals surface area (Å²) < 4.78 is 11.1. The number of carbonyl (C=O) groups is 2. The number of para-hydroxylation sites is 2. The average molecular weight is 390 g/mol. The van der Waals surface area contributed by atoms with Gasteiger partial charge in [-0.05, 0) is 30.7 Å². The lowest BCUT2D eigenvalue weighted by Gasteiger charge is -2.13. The minimum absolute atomic E-state index is 0.239. The van der Waals surface area contributed by atoms with Gasteiger partial charge in [-0.25, -0.2) is 0 Å². The molecule has 29 heavy (non-hydrogen) atoms. The molecule has 0 saturated carbocycles. The van der Waals surface area contributed by atoms with Crippen LogP contribution in [0.2, 0.25) is 0 Å². The summed E-state index contributed by atoms with van der Waals surface area (Å²) in [5, 5.41) is 0. The summed E-state index contributed by atoms with van der Waals surface area (Å²) in [5.74, 6) is 0.0962. The maximum Gasteiger partial charge on any atom is 0.276 e. The molecule has 0 fully saturated rings. The Labute approximate surface area is 169 Å². The Morgan fingerprint density at radius 3 is 2.17 bits per heavy atom. The van der Waals surface area contributed by atoms with Crippen molar-refractivity contribution in [1.29, 1.82) is 0 Å². The summed E-state index contributed by atoms with van der Waals surface area (Å²) in [6.07, 6.45) is 0. The van der Waals surface area contributed by atoms with Crippen molar-refractivity contribution in [3.05, 3.63) is 84.4 Å². The third-order valence-corrected chi connectivity index (χ3v) is 4.08. The van der Waals surface area contributed by atoms with Crippen LogP contribution >= 0.6 is 0 Å². The number of rotatable bonds is 7. The fourth-order valence-electron chi connectivity index (χ4n) is 2.76. The Hall–Kier alpha value is -3.80. The molecule has 3 aromatic rings. The quantitative estimate of drug-likeness (QED) is 0.605. The van der Waals surface area contributed by atoms with E-state index in [9.17, 15) is 9.59 Å². The molecular formula is C23H22N2O4. The van der Waals surface area contributed by atoms with Crippen LogP contribution in [-0.2, 0) is 4.79 Å². The van der Waals surface area contributed by atoms with Gasteiger partial charge in [0.25, 0.3) is 11.8 Å². The normalized spacial score (nSPS) is 10.1. The molecule has 2 N–H and O–H groups in total. The fourth-order valence-corrected chi connectivity index (χ4v) is 2.76. The van der Waals surface area contributed by atoms with Crippen LogP contribution in [0.3, 0.4) is 0 Å². The first-order valence-corrected chi connectivity index (χ1v) is 9.27. The lowest BCUT2D eigenvalue weighted by atomic mass is 10.1. The highest BCUT2D eigenvalue weighted by Gasteiger charge is 2.13. The molecule has 0 aliphatic carbocycles. The van der Waals surface area contributed by atoms with Crippen LogP contribution in [0.25, 0.3) is 11.1 Å². The Balaban J connectivity index is 1.57. The number of hydrazine groups is 1. The van der Waals surface area contributed by atoms with Gasteiger partial charge in [0, 0.05) is 5.56 Å². The van der Waals surface area contributed by atoms with E-state index in [2.05, 4.69) is 10.9 Å². The maximum atomic E-state index is 12.3. The largest absolute Gasteiger partial charge is 0.493 e. The first kappa shape index (κ1) is 19.9. The fraction of sp³-hybridized carbons (Fsp3) is 0.130. The van der Waals surface area contributed by atoms with Gasteiger partial charge < -0.3 is 9.47 Å². The molecule has 148 valence electrons. The van der Waals surface area contributed by atoms with Crippen molar-refractivity contribution in [1.82, 2.24) is 10.9 Å². The summed E-state index contributed by atoms with van der Waals surface area (Å²) in [6, 6.07) is 24.1. The number of ether oxygens (including phenoxy) is 2. The van der Waals surface area contributed by atoms with Crippen LogP contribution < -0.4 is 20.3 Å². The van der Waals surface area contributed by atoms with Crippen molar-refractivity contribution < 1.29 is 19.1 Å². The van der Waals surface area contributed by atoms with Gasteiger partial charge in [-0.3, -0.25) is 20.4 Å². The van der Waals surface area contributed by atoms with Crippen LogP contribution in [0.4, 0.5) is 0 Å². The smallest absolute Gasteiger partial charge is 0.276 e. The highest BCUT2D eigenvalue weighted by atomic mass is 16.5. The van der Waals surface area contributed by atoms with Crippen LogP contribution in [0.1, 0.15) is 17.3 Å². The highest BCUT2D eigenvalue weighted by molar-refractivity contribution is 5.97. The zero-order valence-electron chi connectivity index (χ0n) is 16.1. The molecule has 0 aromatic heterocycles. The van der Waals surface area contributed by atoms with Crippen LogP contribution in [0, 0.1) is 0 Å². The number of hydrogen-bond donors (Lipinski definition) is 2. The van der Waals surface area contributed by atoms with Gasteiger partial charge in [-0.15, -0.1) is 0 Å². The highest BCUT2D eigenvalue weighted by Crippen LogP contribution is 2.29. The molecular weight excluding hydrogens is 368 g/mol. The lowest BCUT2D eigenvalue weighted by Crippen LogP contribution is -2.44. The van der Waals surface area contributed by atoms with E-state index in [1.807, 2.05) is 55.5 Å². The summed E-state index contributed by atoms with van der Waals surface area (Å²) in [6.45, 7) is 2.03. The van der Waals surface area contributed by atoms with E-state index >= 15 is 0 Å². The van der Waals surface area contributed by atoms with Crippen LogP contribution in [-0.4, -0.2) is 25.0 Å². The van der Waals surface area contributed by atoms with Crippen molar-refractivity contribution >= 4 is 11.8 Å². The van der Waals surface area contributed by atoms with Gasteiger partial charge in [-0.2, -0.15) is 0 Å². The third-order valence-electron chi connectivity index (χ3n) is 4.08. The molecule has 0 atom stereocenters. The first-order chi connectivity index (χ1) is 14.2. The lowest BCUT2D eigenvalue weighted by molar-refractivity contribution is -0.123. The molecule has 6 nitrogen and oxygen atoms in total. The average Bonchev–Trinajstić information content (AvgIpc) is 2.77. The van der Waals surface area contributed by atoms with E-state index in [0.29, 0.717) is 23.7 Å². The Kier molecular flexibility index (Phi) is 6.84. The first-order valence-electron chi connectivity index (χ1n) is 9.27. The van der Waals surface area contributed by atoms with Gasteiger partial charge >= 0.3 is 0 Å². The van der Waals surface area contributed by atoms with Crippen molar-refractivity contribution in [3.63, 3.8) is 0 Å². The summed E-state index contributed by atoms with van der Waals surface area (Å²) in [5.41, 5.74) is 6.96. The Bertz CT molecular complexity index is 973. The topological polar surface area (TPSA) is 76.7 Å². The molecule has 0 bridgehead atoms. The molecule has 0 aliphatic rings. The van der Waals surface area contributed by atoms with E-state index in [4.69, 9.17) is 9.47 Å². The monoisotopic (exact) mass is 390 g/mol. The zero-order chi connectivity index (χ0) is 20.5. The van der Waals surface area contributed by atoms with Gasteiger partial charge in [0.05, 0.1) is 12.2 Å². The van der Waals surface area contributed by atoms with E-state index < -0.39 is 11.8 Å². The van der Waals surface area contributed by atoms with Crippen molar-refractivity contribution in [2.75, 3.05) is 13.2 Å². The molecule has 2 amide bonds. The van der Waals surface area contributed by atoms with Crippen molar-refractivity contribution in [2.45, 2.75) is 6.92 Å². The molecule has 3 rings (SSSR count). The Morgan fingerprint density at radius 1 is 0.759 bits per heavy atom. The SMILES string of the molecule is CCOc1ccccc1C(=O)NNC(=O)COc1ccccc1-c1ccccc1. The number of carbonyl (C=O) groups excluding carboxylic acids is 2. The second-order valence-electron chi connectivity index (χ2n) is 6.08. The third kappa shape index (κ3) is 5.35. The molecule has 3 aromatic carbocycles. The predicted octanol–water partition coefficient (Wildman–Crippen LogP) is 3.59. The molecule has 0 radical (unpaired) electrons. The number of hydrogen-bond acceptors (Lipinski definition) is 4. The number of amides is 2. The minimum Gasteiger partial charge on any atom is -0.493 e. The number of nitrogens with one attached hydrogen (secondary N) is 2. The maximum absolute atomic E-state index is 12.3. The summed E-state index contributed by atoms with van der Waals surface area (Å²) in [7, 11) is 0. The molecule has 0 saturated heterocycles. The van der Waals surface area contributed by atoms with Crippen molar-refractivity contribution in [2.24, 2.45) is 0 Å². The van der Waals surface area contributed by atoms with Crippen LogP contribution in [0.15, 0.2) is 78.9 Å².